The maximum atomic E-state index is 10.4. The molecule has 4 nitrogen and oxygen atoms in total. The third-order valence-corrected chi connectivity index (χ3v) is 1.31. The predicted octanol–water partition coefficient (Wildman–Crippen LogP) is 0.162. The molecule has 0 unspecified atom stereocenters. The number of anilines is 1. The molecule has 0 saturated carbocycles. The number of rotatable bonds is 2. The molecule has 0 bridgehead atoms. The van der Waals surface area contributed by atoms with Gasteiger partial charge in [0.15, 0.2) is 0 Å². The quantitative estimate of drug-likeness (QED) is 0.609. The fraction of sp³-hybridized carbons (Fsp3) is 0. The van der Waals surface area contributed by atoms with E-state index in [1.807, 2.05) is 0 Å². The van der Waals surface area contributed by atoms with Crippen molar-refractivity contribution >= 4 is 17.7 Å². The minimum Gasteiger partial charge on any atom is -0.397 e. The lowest BCUT2D eigenvalue weighted by molar-refractivity contribution is -0.113. The molecular formula is C8H9N3O. The van der Waals surface area contributed by atoms with Crippen molar-refractivity contribution in [1.29, 1.82) is 0 Å². The van der Waals surface area contributed by atoms with Crippen LogP contribution in [0.1, 0.15) is 5.56 Å². The van der Waals surface area contributed by atoms with Crippen LogP contribution in [-0.2, 0) is 4.79 Å². The van der Waals surface area contributed by atoms with Crippen molar-refractivity contribution in [3.8, 4) is 0 Å². The van der Waals surface area contributed by atoms with E-state index in [1.165, 1.54) is 12.3 Å². The SMILES string of the molecule is NC(=O)C=Cc1ccncc1N. The molecule has 0 radical (unpaired) electrons. The predicted molar refractivity (Wildman–Crippen MR) is 46.9 cm³/mol. The summed E-state index contributed by atoms with van der Waals surface area (Å²) in [5.74, 6) is -0.494. The largest absolute Gasteiger partial charge is 0.397 e. The van der Waals surface area contributed by atoms with Crippen molar-refractivity contribution in [3.05, 3.63) is 30.1 Å². The summed E-state index contributed by atoms with van der Waals surface area (Å²) >= 11 is 0. The number of nitrogens with two attached hydrogens (primary N) is 2. The summed E-state index contributed by atoms with van der Waals surface area (Å²) < 4.78 is 0. The number of nitrogens with zero attached hydrogens (tertiary/aromatic N) is 1. The normalized spacial score (nSPS) is 10.3. The third-order valence-electron chi connectivity index (χ3n) is 1.31. The van der Waals surface area contributed by atoms with Crippen molar-refractivity contribution < 1.29 is 4.79 Å². The van der Waals surface area contributed by atoms with E-state index in [0.29, 0.717) is 5.69 Å². The minimum atomic E-state index is -0.494. The Kier molecular flexibility index (Phi) is 2.42. The molecule has 1 aromatic rings. The number of amides is 1. The van der Waals surface area contributed by atoms with Gasteiger partial charge in [0.25, 0.3) is 0 Å². The minimum absolute atomic E-state index is 0.494. The number of carbonyl (C=O) groups excluding carboxylic acids is 1. The first-order chi connectivity index (χ1) is 5.70. The van der Waals surface area contributed by atoms with Crippen molar-refractivity contribution in [2.45, 2.75) is 0 Å². The monoisotopic (exact) mass is 163 g/mol. The van der Waals surface area contributed by atoms with Gasteiger partial charge in [-0.05, 0) is 12.1 Å². The average molecular weight is 163 g/mol. The highest BCUT2D eigenvalue weighted by Crippen LogP contribution is 2.09. The standard InChI is InChI=1S/C8H9N3O/c9-7-5-11-4-3-6(7)1-2-8(10)12/h1-5H,9H2,(H2,10,12). The second-order valence-electron chi connectivity index (χ2n) is 2.24. The first-order valence-electron chi connectivity index (χ1n) is 3.37. The Morgan fingerprint density at radius 1 is 1.58 bits per heavy atom. The number of hydrogen-bond donors (Lipinski definition) is 2. The lowest BCUT2D eigenvalue weighted by Gasteiger charge is -1.96. The average Bonchev–Trinajstić information content (AvgIpc) is 2.03. The highest BCUT2D eigenvalue weighted by atomic mass is 16.1. The maximum absolute atomic E-state index is 10.4. The molecule has 0 atom stereocenters. The Morgan fingerprint density at radius 3 is 2.92 bits per heavy atom. The van der Waals surface area contributed by atoms with Gasteiger partial charge < -0.3 is 11.5 Å². The number of pyridine rings is 1. The van der Waals surface area contributed by atoms with E-state index in [4.69, 9.17) is 11.5 Å². The van der Waals surface area contributed by atoms with E-state index < -0.39 is 5.91 Å². The van der Waals surface area contributed by atoms with Gasteiger partial charge in [0.05, 0.1) is 11.9 Å². The van der Waals surface area contributed by atoms with Crippen LogP contribution in [0.3, 0.4) is 0 Å². The van der Waals surface area contributed by atoms with Gasteiger partial charge in [-0.2, -0.15) is 0 Å². The van der Waals surface area contributed by atoms with Gasteiger partial charge in [0.1, 0.15) is 0 Å². The van der Waals surface area contributed by atoms with Crippen LogP contribution in [0.4, 0.5) is 5.69 Å². The van der Waals surface area contributed by atoms with Crippen LogP contribution in [0.15, 0.2) is 24.5 Å². The van der Waals surface area contributed by atoms with Crippen molar-refractivity contribution in [2.75, 3.05) is 5.73 Å². The molecule has 1 heterocycles. The van der Waals surface area contributed by atoms with Crippen LogP contribution < -0.4 is 11.5 Å². The number of nitrogen functional groups attached to an aromatic ring is 1. The first kappa shape index (κ1) is 8.26. The molecular weight excluding hydrogens is 154 g/mol. The molecule has 1 rings (SSSR count). The van der Waals surface area contributed by atoms with Gasteiger partial charge in [-0.1, -0.05) is 0 Å². The van der Waals surface area contributed by atoms with Crippen LogP contribution in [0.25, 0.3) is 6.08 Å². The zero-order valence-electron chi connectivity index (χ0n) is 6.40. The molecule has 1 aromatic heterocycles. The van der Waals surface area contributed by atoms with Gasteiger partial charge in [0, 0.05) is 17.8 Å². The van der Waals surface area contributed by atoms with E-state index in [0.717, 1.165) is 5.56 Å². The number of hydrogen-bond acceptors (Lipinski definition) is 3. The summed E-state index contributed by atoms with van der Waals surface area (Å²) in [6.45, 7) is 0. The molecule has 1 amide bonds. The maximum Gasteiger partial charge on any atom is 0.241 e. The van der Waals surface area contributed by atoms with Crippen LogP contribution in [0.5, 0.6) is 0 Å². The first-order valence-corrected chi connectivity index (χ1v) is 3.37. The van der Waals surface area contributed by atoms with Crippen molar-refractivity contribution in [1.82, 2.24) is 4.98 Å². The van der Waals surface area contributed by atoms with E-state index in [9.17, 15) is 4.79 Å². The molecule has 4 heteroatoms. The third kappa shape index (κ3) is 2.09. The van der Waals surface area contributed by atoms with Gasteiger partial charge in [0.2, 0.25) is 5.91 Å². The molecule has 0 fully saturated rings. The zero-order chi connectivity index (χ0) is 8.97. The molecule has 0 spiro atoms. The van der Waals surface area contributed by atoms with Crippen LogP contribution in [-0.4, -0.2) is 10.9 Å². The van der Waals surface area contributed by atoms with E-state index >= 15 is 0 Å². The second kappa shape index (κ2) is 3.52. The molecule has 62 valence electrons. The Bertz CT molecular complexity index is 320. The fourth-order valence-corrected chi connectivity index (χ4v) is 0.741. The molecule has 12 heavy (non-hydrogen) atoms. The smallest absolute Gasteiger partial charge is 0.241 e. The number of aromatic nitrogens is 1. The molecule has 0 aliphatic heterocycles. The second-order valence-corrected chi connectivity index (χ2v) is 2.24. The summed E-state index contributed by atoms with van der Waals surface area (Å²) in [5.41, 5.74) is 11.7. The molecule has 0 aliphatic rings. The summed E-state index contributed by atoms with van der Waals surface area (Å²) in [4.78, 5) is 14.2. The lowest BCUT2D eigenvalue weighted by Crippen LogP contribution is -2.05. The number of primary amides is 1. The Labute approximate surface area is 69.9 Å². The highest BCUT2D eigenvalue weighted by molar-refractivity contribution is 5.91. The molecule has 4 N–H and O–H groups in total. The van der Waals surface area contributed by atoms with Gasteiger partial charge in [-0.15, -0.1) is 0 Å². The van der Waals surface area contributed by atoms with Crippen molar-refractivity contribution in [2.24, 2.45) is 5.73 Å². The fourth-order valence-electron chi connectivity index (χ4n) is 0.741. The summed E-state index contributed by atoms with van der Waals surface area (Å²) in [5, 5.41) is 0. The zero-order valence-corrected chi connectivity index (χ0v) is 6.40. The van der Waals surface area contributed by atoms with E-state index in [-0.39, 0.29) is 0 Å². The van der Waals surface area contributed by atoms with Crippen LogP contribution in [0.2, 0.25) is 0 Å². The molecule has 0 aromatic carbocycles. The summed E-state index contributed by atoms with van der Waals surface area (Å²) in [7, 11) is 0. The summed E-state index contributed by atoms with van der Waals surface area (Å²) in [6, 6.07) is 1.70. The van der Waals surface area contributed by atoms with E-state index in [2.05, 4.69) is 4.98 Å². The topological polar surface area (TPSA) is 82.0 Å². The number of carbonyl (C=O) groups is 1. The Hall–Kier alpha value is -1.84. The van der Waals surface area contributed by atoms with Crippen molar-refractivity contribution in [3.63, 3.8) is 0 Å². The van der Waals surface area contributed by atoms with Crippen LogP contribution in [0, 0.1) is 0 Å². The highest BCUT2D eigenvalue weighted by Gasteiger charge is 1.92. The molecule has 0 aliphatic carbocycles. The Balaban J connectivity index is 2.89. The van der Waals surface area contributed by atoms with Crippen LogP contribution >= 0.6 is 0 Å². The lowest BCUT2D eigenvalue weighted by atomic mass is 10.2. The van der Waals surface area contributed by atoms with Gasteiger partial charge >= 0.3 is 0 Å². The summed E-state index contributed by atoms with van der Waals surface area (Å²) in [6.07, 6.45) is 5.92. The van der Waals surface area contributed by atoms with Gasteiger partial charge in [-0.3, -0.25) is 9.78 Å². The van der Waals surface area contributed by atoms with E-state index in [1.54, 1.807) is 18.3 Å². The van der Waals surface area contributed by atoms with Gasteiger partial charge in [-0.25, -0.2) is 0 Å². The molecule has 0 saturated heterocycles. The Morgan fingerprint density at radius 2 is 2.33 bits per heavy atom.